The van der Waals surface area contributed by atoms with Gasteiger partial charge in [-0.25, -0.2) is 9.97 Å². The molecule has 3 heteroatoms. The van der Waals surface area contributed by atoms with Gasteiger partial charge in [-0.1, -0.05) is 13.3 Å². The number of rotatable bonds is 5. The molecule has 1 heterocycles. The normalized spacial score (nSPS) is 17.8. The van der Waals surface area contributed by atoms with E-state index in [1.165, 1.54) is 25.7 Å². The van der Waals surface area contributed by atoms with Crippen LogP contribution in [0, 0.1) is 5.41 Å². The van der Waals surface area contributed by atoms with Crippen molar-refractivity contribution in [2.75, 3.05) is 11.9 Å². The zero-order chi connectivity index (χ0) is 9.86. The molecule has 76 valence electrons. The van der Waals surface area contributed by atoms with E-state index in [4.69, 9.17) is 0 Å². The first-order valence-electron chi connectivity index (χ1n) is 5.36. The highest BCUT2D eigenvalue weighted by molar-refractivity contribution is 5.23. The number of nitrogens with one attached hydrogen (secondary N) is 1. The summed E-state index contributed by atoms with van der Waals surface area (Å²) in [5.74, 6) is 0.759. The molecule has 1 aromatic rings. The molecule has 3 nitrogen and oxygen atoms in total. The Balaban J connectivity index is 1.83. The van der Waals surface area contributed by atoms with Gasteiger partial charge in [0.25, 0.3) is 0 Å². The second-order valence-electron chi connectivity index (χ2n) is 4.18. The van der Waals surface area contributed by atoms with Crippen LogP contribution in [0.15, 0.2) is 18.5 Å². The summed E-state index contributed by atoms with van der Waals surface area (Å²) in [5, 5.41) is 3.31. The number of nitrogens with zero attached hydrogens (tertiary/aromatic N) is 2. The molecule has 0 atom stereocenters. The lowest BCUT2D eigenvalue weighted by molar-refractivity contribution is 0.484. The van der Waals surface area contributed by atoms with Crippen molar-refractivity contribution in [3.8, 4) is 0 Å². The number of hydrogen-bond acceptors (Lipinski definition) is 3. The molecule has 0 spiro atoms. The van der Waals surface area contributed by atoms with E-state index in [2.05, 4.69) is 22.2 Å². The summed E-state index contributed by atoms with van der Waals surface area (Å²) >= 11 is 0. The van der Waals surface area contributed by atoms with Crippen LogP contribution in [-0.4, -0.2) is 16.5 Å². The van der Waals surface area contributed by atoms with Crippen molar-refractivity contribution in [1.82, 2.24) is 9.97 Å². The standard InChI is InChI=1S/C11H17N3/c1-2-4-11(5-6-11)9-14-10-12-7-3-8-13-10/h3,7-8H,2,4-6,9H2,1H3,(H,12,13,14). The maximum absolute atomic E-state index is 4.15. The van der Waals surface area contributed by atoms with Crippen LogP contribution in [0.2, 0.25) is 0 Å². The Labute approximate surface area is 85.0 Å². The highest BCUT2D eigenvalue weighted by atomic mass is 15.1. The van der Waals surface area contributed by atoms with Gasteiger partial charge in [0.05, 0.1) is 0 Å². The maximum atomic E-state index is 4.15. The molecule has 1 aliphatic carbocycles. The number of anilines is 1. The van der Waals surface area contributed by atoms with Gasteiger partial charge < -0.3 is 5.32 Å². The molecule has 1 N–H and O–H groups in total. The third kappa shape index (κ3) is 2.22. The Hall–Kier alpha value is -1.12. The maximum Gasteiger partial charge on any atom is 0.222 e. The molecular weight excluding hydrogens is 174 g/mol. The molecule has 0 amide bonds. The molecule has 1 fully saturated rings. The fraction of sp³-hybridized carbons (Fsp3) is 0.636. The van der Waals surface area contributed by atoms with Crippen LogP contribution in [0.1, 0.15) is 32.6 Å². The third-order valence-corrected chi connectivity index (χ3v) is 2.92. The third-order valence-electron chi connectivity index (χ3n) is 2.92. The van der Waals surface area contributed by atoms with Crippen molar-refractivity contribution in [3.05, 3.63) is 18.5 Å². The van der Waals surface area contributed by atoms with Crippen LogP contribution in [0.3, 0.4) is 0 Å². The van der Waals surface area contributed by atoms with E-state index in [9.17, 15) is 0 Å². The summed E-state index contributed by atoms with van der Waals surface area (Å²) in [5.41, 5.74) is 0.563. The molecule has 0 radical (unpaired) electrons. The predicted molar refractivity (Wildman–Crippen MR) is 57.1 cm³/mol. The fourth-order valence-corrected chi connectivity index (χ4v) is 1.88. The smallest absolute Gasteiger partial charge is 0.222 e. The summed E-state index contributed by atoms with van der Waals surface area (Å²) in [4.78, 5) is 8.29. The first-order chi connectivity index (χ1) is 6.85. The average molecular weight is 191 g/mol. The molecule has 14 heavy (non-hydrogen) atoms. The molecule has 0 aromatic carbocycles. The fourth-order valence-electron chi connectivity index (χ4n) is 1.88. The highest BCUT2D eigenvalue weighted by Gasteiger charge is 2.41. The zero-order valence-corrected chi connectivity index (χ0v) is 8.66. The number of hydrogen-bond donors (Lipinski definition) is 1. The van der Waals surface area contributed by atoms with Crippen molar-refractivity contribution >= 4 is 5.95 Å². The van der Waals surface area contributed by atoms with Gasteiger partial charge in [-0.3, -0.25) is 0 Å². The molecule has 2 rings (SSSR count). The minimum atomic E-state index is 0.563. The van der Waals surface area contributed by atoms with Crippen LogP contribution in [0.25, 0.3) is 0 Å². The van der Waals surface area contributed by atoms with Gasteiger partial charge in [-0.15, -0.1) is 0 Å². The van der Waals surface area contributed by atoms with Gasteiger partial charge in [0.2, 0.25) is 5.95 Å². The molecule has 0 aliphatic heterocycles. The van der Waals surface area contributed by atoms with Gasteiger partial charge >= 0.3 is 0 Å². The van der Waals surface area contributed by atoms with Crippen LogP contribution in [0.5, 0.6) is 0 Å². The summed E-state index contributed by atoms with van der Waals surface area (Å²) in [6.45, 7) is 3.28. The Morgan fingerprint density at radius 1 is 1.36 bits per heavy atom. The van der Waals surface area contributed by atoms with Gasteiger partial charge in [-0.05, 0) is 30.7 Å². The van der Waals surface area contributed by atoms with Crippen molar-refractivity contribution in [2.24, 2.45) is 5.41 Å². The van der Waals surface area contributed by atoms with Crippen molar-refractivity contribution in [2.45, 2.75) is 32.6 Å². The van der Waals surface area contributed by atoms with E-state index in [1.807, 2.05) is 6.07 Å². The van der Waals surface area contributed by atoms with Crippen LogP contribution >= 0.6 is 0 Å². The predicted octanol–water partition coefficient (Wildman–Crippen LogP) is 2.47. The summed E-state index contributed by atoms with van der Waals surface area (Å²) in [6, 6.07) is 1.84. The van der Waals surface area contributed by atoms with E-state index in [1.54, 1.807) is 12.4 Å². The van der Waals surface area contributed by atoms with E-state index < -0.39 is 0 Å². The first kappa shape index (κ1) is 9.44. The van der Waals surface area contributed by atoms with E-state index in [0.29, 0.717) is 5.41 Å². The summed E-state index contributed by atoms with van der Waals surface area (Å²) in [6.07, 6.45) is 8.87. The SMILES string of the molecule is CCCC1(CNc2ncccn2)CC1. The lowest BCUT2D eigenvalue weighted by Gasteiger charge is -2.14. The second kappa shape index (κ2) is 3.95. The monoisotopic (exact) mass is 191 g/mol. The number of aromatic nitrogens is 2. The van der Waals surface area contributed by atoms with Gasteiger partial charge in [-0.2, -0.15) is 0 Å². The molecule has 0 saturated heterocycles. The molecule has 1 aliphatic rings. The van der Waals surface area contributed by atoms with Crippen LogP contribution in [0.4, 0.5) is 5.95 Å². The quantitative estimate of drug-likeness (QED) is 0.777. The van der Waals surface area contributed by atoms with Crippen molar-refractivity contribution < 1.29 is 0 Å². The lowest BCUT2D eigenvalue weighted by atomic mass is 10.0. The van der Waals surface area contributed by atoms with E-state index >= 15 is 0 Å². The Kier molecular flexibility index (Phi) is 2.66. The molecule has 1 saturated carbocycles. The minimum Gasteiger partial charge on any atom is -0.354 e. The van der Waals surface area contributed by atoms with Crippen LogP contribution < -0.4 is 5.32 Å². The Morgan fingerprint density at radius 3 is 2.64 bits per heavy atom. The topological polar surface area (TPSA) is 37.8 Å². The zero-order valence-electron chi connectivity index (χ0n) is 8.66. The Morgan fingerprint density at radius 2 is 2.07 bits per heavy atom. The second-order valence-corrected chi connectivity index (χ2v) is 4.18. The summed E-state index contributed by atoms with van der Waals surface area (Å²) < 4.78 is 0. The van der Waals surface area contributed by atoms with E-state index in [0.717, 1.165) is 12.5 Å². The molecule has 1 aromatic heterocycles. The molecule has 0 unspecified atom stereocenters. The van der Waals surface area contributed by atoms with Gasteiger partial charge in [0, 0.05) is 18.9 Å². The Bertz CT molecular complexity index is 280. The lowest BCUT2D eigenvalue weighted by Crippen LogP contribution is -2.16. The summed E-state index contributed by atoms with van der Waals surface area (Å²) in [7, 11) is 0. The molecule has 0 bridgehead atoms. The van der Waals surface area contributed by atoms with Gasteiger partial charge in [0.15, 0.2) is 0 Å². The van der Waals surface area contributed by atoms with E-state index in [-0.39, 0.29) is 0 Å². The highest BCUT2D eigenvalue weighted by Crippen LogP contribution is 2.49. The van der Waals surface area contributed by atoms with Crippen molar-refractivity contribution in [3.63, 3.8) is 0 Å². The first-order valence-corrected chi connectivity index (χ1v) is 5.36. The minimum absolute atomic E-state index is 0.563. The van der Waals surface area contributed by atoms with Crippen molar-refractivity contribution in [1.29, 1.82) is 0 Å². The van der Waals surface area contributed by atoms with Gasteiger partial charge in [0.1, 0.15) is 0 Å². The average Bonchev–Trinajstić information content (AvgIpc) is 2.98. The largest absolute Gasteiger partial charge is 0.354 e. The van der Waals surface area contributed by atoms with Crippen LogP contribution in [-0.2, 0) is 0 Å². The molecular formula is C11H17N3.